The van der Waals surface area contributed by atoms with Gasteiger partial charge in [-0.05, 0) is 51.5 Å². The lowest BCUT2D eigenvalue weighted by atomic mass is 9.90. The first-order chi connectivity index (χ1) is 13.0. The fourth-order valence-corrected chi connectivity index (χ4v) is 3.44. The first-order valence-electron chi connectivity index (χ1n) is 10.8. The molecule has 156 valence electrons. The highest BCUT2D eigenvalue weighted by atomic mass is 16.5. The van der Waals surface area contributed by atoms with Crippen molar-refractivity contribution in [3.63, 3.8) is 0 Å². The Morgan fingerprint density at radius 3 is 2.33 bits per heavy atom. The predicted molar refractivity (Wildman–Crippen MR) is 121 cm³/mol. The summed E-state index contributed by atoms with van der Waals surface area (Å²) in [5.41, 5.74) is 4.21. The summed E-state index contributed by atoms with van der Waals surface area (Å²) < 4.78 is 5.59. The lowest BCUT2D eigenvalue weighted by Gasteiger charge is -2.32. The lowest BCUT2D eigenvalue weighted by molar-refractivity contribution is 0.278. The first kappa shape index (κ1) is 25.5. The molecular weight excluding hydrogens is 332 g/mol. The van der Waals surface area contributed by atoms with Gasteiger partial charge in [0.25, 0.3) is 0 Å². The molecule has 0 rings (SSSR count). The molecule has 0 heterocycles. The number of nitrogens with zero attached hydrogens (tertiary/aromatic N) is 2. The van der Waals surface area contributed by atoms with Crippen molar-refractivity contribution in [1.29, 1.82) is 0 Å². The summed E-state index contributed by atoms with van der Waals surface area (Å²) in [5.74, 6) is 1.72. The Labute approximate surface area is 169 Å². The minimum absolute atomic E-state index is 0.603. The van der Waals surface area contributed by atoms with E-state index >= 15 is 0 Å². The zero-order chi connectivity index (χ0) is 20.7. The molecule has 0 saturated heterocycles. The SMILES string of the molecule is C/C=C/OC/C(=C/C)CC(=NC)N(C)C(=C(C)CC)C(CC)CCCCC. The van der Waals surface area contributed by atoms with Crippen molar-refractivity contribution in [2.45, 2.75) is 86.5 Å². The van der Waals surface area contributed by atoms with Crippen LogP contribution in [0.3, 0.4) is 0 Å². The molecular formula is C24H44N2O. The molecule has 0 aromatic carbocycles. The van der Waals surface area contributed by atoms with Gasteiger partial charge in [0.1, 0.15) is 12.4 Å². The van der Waals surface area contributed by atoms with Gasteiger partial charge in [0.05, 0.1) is 6.26 Å². The number of aliphatic imine (C=N–C) groups is 1. The van der Waals surface area contributed by atoms with Crippen molar-refractivity contribution < 1.29 is 4.74 Å². The van der Waals surface area contributed by atoms with Crippen LogP contribution in [0.25, 0.3) is 0 Å². The van der Waals surface area contributed by atoms with Crippen LogP contribution < -0.4 is 0 Å². The molecule has 0 aliphatic heterocycles. The third-order valence-electron chi connectivity index (χ3n) is 5.30. The van der Waals surface area contributed by atoms with Crippen molar-refractivity contribution >= 4 is 5.84 Å². The van der Waals surface area contributed by atoms with E-state index < -0.39 is 0 Å². The van der Waals surface area contributed by atoms with Gasteiger partial charge < -0.3 is 9.64 Å². The van der Waals surface area contributed by atoms with Gasteiger partial charge in [-0.15, -0.1) is 0 Å². The predicted octanol–water partition coefficient (Wildman–Crippen LogP) is 7.12. The third-order valence-corrected chi connectivity index (χ3v) is 5.30. The van der Waals surface area contributed by atoms with E-state index in [9.17, 15) is 0 Å². The molecule has 0 N–H and O–H groups in total. The average molecular weight is 377 g/mol. The normalized spacial score (nSPS) is 15.1. The van der Waals surface area contributed by atoms with Gasteiger partial charge in [-0.2, -0.15) is 0 Å². The number of amidine groups is 1. The van der Waals surface area contributed by atoms with Gasteiger partial charge in [-0.25, -0.2) is 0 Å². The molecule has 27 heavy (non-hydrogen) atoms. The molecule has 0 saturated carbocycles. The average Bonchev–Trinajstić information content (AvgIpc) is 2.69. The maximum atomic E-state index is 5.59. The Bertz CT molecular complexity index is 514. The van der Waals surface area contributed by atoms with E-state index in [1.807, 2.05) is 20.0 Å². The van der Waals surface area contributed by atoms with Crippen LogP contribution in [-0.2, 0) is 4.74 Å². The number of hydrogen-bond donors (Lipinski definition) is 0. The quantitative estimate of drug-likeness (QED) is 0.112. The smallest absolute Gasteiger partial charge is 0.109 e. The van der Waals surface area contributed by atoms with Gasteiger partial charge in [-0.3, -0.25) is 4.99 Å². The minimum Gasteiger partial charge on any atom is -0.497 e. The molecule has 0 fully saturated rings. The van der Waals surface area contributed by atoms with Crippen molar-refractivity contribution in [1.82, 2.24) is 4.90 Å². The number of rotatable bonds is 13. The standard InChI is InChI=1S/C24H44N2O/c1-9-14-15-16-22(13-5)24(20(6)11-3)26(8)23(25-7)18-21(12-4)19-27-17-10-2/h10,12,17,22H,9,11,13-16,18-19H2,1-8H3/b17-10+,21-12+,24-20?,25-23?. The van der Waals surface area contributed by atoms with Crippen LogP contribution in [0, 0.1) is 5.92 Å². The van der Waals surface area contributed by atoms with E-state index in [-0.39, 0.29) is 0 Å². The van der Waals surface area contributed by atoms with E-state index in [1.165, 1.54) is 48.9 Å². The van der Waals surface area contributed by atoms with Gasteiger partial charge in [0.15, 0.2) is 0 Å². The highest BCUT2D eigenvalue weighted by molar-refractivity contribution is 5.86. The Morgan fingerprint density at radius 2 is 1.85 bits per heavy atom. The molecule has 3 nitrogen and oxygen atoms in total. The van der Waals surface area contributed by atoms with E-state index in [0.717, 1.165) is 18.7 Å². The highest BCUT2D eigenvalue weighted by Gasteiger charge is 2.22. The zero-order valence-corrected chi connectivity index (χ0v) is 19.3. The summed E-state index contributed by atoms with van der Waals surface area (Å²) in [6, 6.07) is 0. The van der Waals surface area contributed by atoms with Crippen LogP contribution in [0.4, 0.5) is 0 Å². The topological polar surface area (TPSA) is 24.8 Å². The summed E-state index contributed by atoms with van der Waals surface area (Å²) in [4.78, 5) is 7.01. The highest BCUT2D eigenvalue weighted by Crippen LogP contribution is 2.29. The summed E-state index contributed by atoms with van der Waals surface area (Å²) in [7, 11) is 4.10. The van der Waals surface area contributed by atoms with Crippen molar-refractivity contribution in [2.24, 2.45) is 10.9 Å². The maximum Gasteiger partial charge on any atom is 0.109 e. The van der Waals surface area contributed by atoms with Gasteiger partial charge in [0, 0.05) is 26.2 Å². The van der Waals surface area contributed by atoms with E-state index in [0.29, 0.717) is 12.5 Å². The molecule has 3 heteroatoms. The van der Waals surface area contributed by atoms with Crippen LogP contribution >= 0.6 is 0 Å². The van der Waals surface area contributed by atoms with Crippen LogP contribution in [0.15, 0.2) is 40.2 Å². The molecule has 0 aliphatic rings. The summed E-state index contributed by atoms with van der Waals surface area (Å²) >= 11 is 0. The van der Waals surface area contributed by atoms with E-state index in [4.69, 9.17) is 4.74 Å². The number of allylic oxidation sites excluding steroid dienone is 4. The van der Waals surface area contributed by atoms with Crippen LogP contribution in [0.1, 0.15) is 86.5 Å². The minimum atomic E-state index is 0.603. The Morgan fingerprint density at radius 1 is 1.15 bits per heavy atom. The van der Waals surface area contributed by atoms with Crippen molar-refractivity contribution in [3.05, 3.63) is 35.3 Å². The first-order valence-corrected chi connectivity index (χ1v) is 10.8. The molecule has 0 aromatic heterocycles. The molecule has 1 atom stereocenters. The number of ether oxygens (including phenoxy) is 1. The van der Waals surface area contributed by atoms with E-state index in [2.05, 4.69) is 57.6 Å². The molecule has 0 bridgehead atoms. The van der Waals surface area contributed by atoms with Crippen LogP contribution in [0.2, 0.25) is 0 Å². The van der Waals surface area contributed by atoms with E-state index in [1.54, 1.807) is 6.26 Å². The number of unbranched alkanes of at least 4 members (excludes halogenated alkanes) is 2. The zero-order valence-electron chi connectivity index (χ0n) is 19.3. The largest absolute Gasteiger partial charge is 0.497 e. The summed E-state index contributed by atoms with van der Waals surface area (Å²) in [5, 5.41) is 0. The molecule has 0 spiro atoms. The van der Waals surface area contributed by atoms with Crippen molar-refractivity contribution in [2.75, 3.05) is 20.7 Å². The fraction of sp³-hybridized carbons (Fsp3) is 0.708. The second-order valence-corrected chi connectivity index (χ2v) is 7.22. The molecule has 0 radical (unpaired) electrons. The molecule has 0 amide bonds. The van der Waals surface area contributed by atoms with Gasteiger partial charge in [-0.1, -0.05) is 57.8 Å². The van der Waals surface area contributed by atoms with Crippen molar-refractivity contribution in [3.8, 4) is 0 Å². The summed E-state index contributed by atoms with van der Waals surface area (Å²) in [6.45, 7) is 13.8. The molecule has 0 aliphatic carbocycles. The van der Waals surface area contributed by atoms with Gasteiger partial charge in [0.2, 0.25) is 0 Å². The molecule has 0 aromatic rings. The second kappa shape index (κ2) is 15.5. The Balaban J connectivity index is 5.46. The monoisotopic (exact) mass is 376 g/mol. The number of hydrogen-bond acceptors (Lipinski definition) is 2. The van der Waals surface area contributed by atoms with Gasteiger partial charge >= 0.3 is 0 Å². The lowest BCUT2D eigenvalue weighted by Crippen LogP contribution is -2.31. The van der Waals surface area contributed by atoms with Crippen LogP contribution in [0.5, 0.6) is 0 Å². The Kier molecular flexibility index (Phi) is 14.7. The Hall–Kier alpha value is -1.51. The fourth-order valence-electron chi connectivity index (χ4n) is 3.44. The second-order valence-electron chi connectivity index (χ2n) is 7.22. The maximum absolute atomic E-state index is 5.59. The van der Waals surface area contributed by atoms with Crippen LogP contribution in [-0.4, -0.2) is 31.4 Å². The third kappa shape index (κ3) is 9.30. The summed E-state index contributed by atoms with van der Waals surface area (Å²) in [6.07, 6.45) is 14.1. The molecule has 1 unspecified atom stereocenters.